The number of nitrogens with zero attached hydrogens (tertiary/aromatic N) is 2. The molecule has 0 bridgehead atoms. The van der Waals surface area contributed by atoms with Crippen molar-refractivity contribution in [2.75, 3.05) is 32.8 Å². The Bertz CT molecular complexity index is 581. The van der Waals surface area contributed by atoms with Gasteiger partial charge < -0.3 is 20.1 Å². The van der Waals surface area contributed by atoms with Crippen LogP contribution in [0.15, 0.2) is 29.3 Å². The second-order valence-electron chi connectivity index (χ2n) is 7.38. The Labute approximate surface area is 173 Å². The number of guanidine groups is 1. The van der Waals surface area contributed by atoms with Gasteiger partial charge in [0.2, 0.25) is 0 Å². The molecule has 0 aliphatic carbocycles. The molecule has 7 heteroatoms. The summed E-state index contributed by atoms with van der Waals surface area (Å²) in [5.74, 6) is 0.580. The van der Waals surface area contributed by atoms with Crippen molar-refractivity contribution in [3.05, 3.63) is 35.6 Å². The minimum Gasteiger partial charge on any atom is -0.396 e. The second-order valence-corrected chi connectivity index (χ2v) is 7.38. The molecule has 26 heavy (non-hydrogen) atoms. The van der Waals surface area contributed by atoms with Crippen molar-refractivity contribution >= 4 is 29.9 Å². The zero-order valence-electron chi connectivity index (χ0n) is 16.0. The van der Waals surface area contributed by atoms with E-state index in [-0.39, 0.29) is 54.0 Å². The van der Waals surface area contributed by atoms with Crippen LogP contribution in [0.3, 0.4) is 0 Å². The largest absolute Gasteiger partial charge is 0.396 e. The van der Waals surface area contributed by atoms with Gasteiger partial charge in [-0.2, -0.15) is 0 Å². The highest BCUT2D eigenvalue weighted by Gasteiger charge is 2.29. The van der Waals surface area contributed by atoms with E-state index in [1.807, 2.05) is 27.7 Å². The molecule has 1 fully saturated rings. The number of rotatable bonds is 5. The maximum atomic E-state index is 13.2. The summed E-state index contributed by atoms with van der Waals surface area (Å²) in [6.07, 6.45) is -0.0856. The molecule has 2 rings (SSSR count). The molecule has 148 valence electrons. The van der Waals surface area contributed by atoms with Gasteiger partial charge in [0, 0.05) is 25.1 Å². The maximum absolute atomic E-state index is 13.2. The van der Waals surface area contributed by atoms with Gasteiger partial charge >= 0.3 is 0 Å². The highest BCUT2D eigenvalue weighted by atomic mass is 127. The van der Waals surface area contributed by atoms with Gasteiger partial charge in [-0.25, -0.2) is 4.39 Å². The first-order chi connectivity index (χ1) is 11.8. The quantitative estimate of drug-likeness (QED) is 0.387. The molecule has 1 aliphatic rings. The molecule has 0 spiro atoms. The van der Waals surface area contributed by atoms with E-state index in [1.165, 1.54) is 12.1 Å². The van der Waals surface area contributed by atoms with Crippen LogP contribution in [0.1, 0.15) is 39.4 Å². The van der Waals surface area contributed by atoms with E-state index in [9.17, 15) is 9.50 Å². The molecule has 2 atom stereocenters. The van der Waals surface area contributed by atoms with Crippen LogP contribution in [0.2, 0.25) is 0 Å². The van der Waals surface area contributed by atoms with Crippen molar-refractivity contribution in [2.45, 2.75) is 39.9 Å². The van der Waals surface area contributed by atoms with Gasteiger partial charge in [0.1, 0.15) is 11.9 Å². The minimum atomic E-state index is -0.255. The zero-order chi connectivity index (χ0) is 18.4. The summed E-state index contributed by atoms with van der Waals surface area (Å²) in [6.45, 7) is 10.8. The first kappa shape index (κ1) is 23.1. The van der Waals surface area contributed by atoms with Crippen molar-refractivity contribution < 1.29 is 14.2 Å². The van der Waals surface area contributed by atoms with E-state index in [1.54, 1.807) is 12.1 Å². The van der Waals surface area contributed by atoms with Gasteiger partial charge in [0.05, 0.1) is 19.2 Å². The molecular formula is C19H31FIN3O2. The fourth-order valence-corrected chi connectivity index (χ4v) is 2.75. The minimum absolute atomic E-state index is 0. The maximum Gasteiger partial charge on any atom is 0.194 e. The number of hydrogen-bond donors (Lipinski definition) is 2. The molecule has 1 aliphatic heterocycles. The van der Waals surface area contributed by atoms with Crippen molar-refractivity contribution in [1.82, 2.24) is 10.2 Å². The normalized spacial score (nSPS) is 21.3. The lowest BCUT2D eigenvalue weighted by Crippen LogP contribution is -2.51. The number of nitrogens with one attached hydrogen (secondary N) is 1. The van der Waals surface area contributed by atoms with Crippen molar-refractivity contribution in [1.29, 1.82) is 0 Å². The first-order valence-electron chi connectivity index (χ1n) is 8.89. The molecule has 1 saturated heterocycles. The second kappa shape index (κ2) is 10.4. The summed E-state index contributed by atoms with van der Waals surface area (Å²) < 4.78 is 19.2. The van der Waals surface area contributed by atoms with Gasteiger partial charge in [-0.3, -0.25) is 4.99 Å². The number of halogens is 2. The van der Waals surface area contributed by atoms with E-state index in [0.29, 0.717) is 13.1 Å². The lowest BCUT2D eigenvalue weighted by molar-refractivity contribution is -0.0605. The molecule has 0 saturated carbocycles. The highest BCUT2D eigenvalue weighted by Crippen LogP contribution is 2.25. The number of aliphatic hydroxyl groups is 1. The van der Waals surface area contributed by atoms with Crippen LogP contribution in [0.5, 0.6) is 0 Å². The molecular weight excluding hydrogens is 448 g/mol. The Hall–Kier alpha value is -0.930. The van der Waals surface area contributed by atoms with Crippen LogP contribution in [0.4, 0.5) is 4.39 Å². The zero-order valence-corrected chi connectivity index (χ0v) is 18.4. The molecule has 5 nitrogen and oxygen atoms in total. The van der Waals surface area contributed by atoms with E-state index in [0.717, 1.165) is 24.6 Å². The standard InChI is InChI=1S/C19H30FN3O2.HI/c1-5-21-18(22-12-19(3,4)13-24)23-10-14(2)25-17(11-23)15-6-8-16(20)9-7-15;/h6-9,14,17,24H,5,10-13H2,1-4H3,(H,21,22);1H. The molecule has 2 N–H and O–H groups in total. The van der Waals surface area contributed by atoms with E-state index in [2.05, 4.69) is 10.2 Å². The molecule has 0 radical (unpaired) electrons. The monoisotopic (exact) mass is 479 g/mol. The van der Waals surface area contributed by atoms with Crippen LogP contribution < -0.4 is 5.32 Å². The summed E-state index contributed by atoms with van der Waals surface area (Å²) in [7, 11) is 0. The summed E-state index contributed by atoms with van der Waals surface area (Å²) in [5, 5.41) is 12.8. The van der Waals surface area contributed by atoms with Crippen LogP contribution in [-0.4, -0.2) is 54.9 Å². The van der Waals surface area contributed by atoms with Crippen molar-refractivity contribution in [3.8, 4) is 0 Å². The Morgan fingerprint density at radius 2 is 2.00 bits per heavy atom. The molecule has 2 unspecified atom stereocenters. The van der Waals surface area contributed by atoms with Gasteiger partial charge in [0.15, 0.2) is 5.96 Å². The predicted molar refractivity (Wildman–Crippen MR) is 114 cm³/mol. The lowest BCUT2D eigenvalue weighted by Gasteiger charge is -2.39. The van der Waals surface area contributed by atoms with Crippen molar-refractivity contribution in [3.63, 3.8) is 0 Å². The third-order valence-electron chi connectivity index (χ3n) is 4.22. The van der Waals surface area contributed by atoms with Crippen LogP contribution in [-0.2, 0) is 4.74 Å². The third-order valence-corrected chi connectivity index (χ3v) is 4.22. The van der Waals surface area contributed by atoms with Crippen LogP contribution in [0.25, 0.3) is 0 Å². The fraction of sp³-hybridized carbons (Fsp3) is 0.632. The predicted octanol–water partition coefficient (Wildman–Crippen LogP) is 3.19. The summed E-state index contributed by atoms with van der Waals surface area (Å²) in [4.78, 5) is 6.89. The summed E-state index contributed by atoms with van der Waals surface area (Å²) in [5.41, 5.74) is 0.707. The number of benzene rings is 1. The lowest BCUT2D eigenvalue weighted by atomic mass is 9.95. The van der Waals surface area contributed by atoms with Crippen molar-refractivity contribution in [2.24, 2.45) is 10.4 Å². The molecule has 1 aromatic carbocycles. The SMILES string of the molecule is CCNC(=NCC(C)(C)CO)N1CC(C)OC(c2ccc(F)cc2)C1.I. The molecule has 1 heterocycles. The highest BCUT2D eigenvalue weighted by molar-refractivity contribution is 14.0. The number of aliphatic hydroxyl groups excluding tert-OH is 1. The Kier molecular flexibility index (Phi) is 9.26. The topological polar surface area (TPSA) is 57.1 Å². The van der Waals surface area contributed by atoms with Gasteiger partial charge in [0.25, 0.3) is 0 Å². The van der Waals surface area contributed by atoms with Crippen LogP contribution in [0, 0.1) is 11.2 Å². The number of morpholine rings is 1. The molecule has 0 amide bonds. The van der Waals surface area contributed by atoms with Gasteiger partial charge in [-0.1, -0.05) is 26.0 Å². The van der Waals surface area contributed by atoms with Crippen LogP contribution >= 0.6 is 24.0 Å². The number of hydrogen-bond acceptors (Lipinski definition) is 3. The molecule has 1 aromatic rings. The first-order valence-corrected chi connectivity index (χ1v) is 8.89. The van der Waals surface area contributed by atoms with Gasteiger partial charge in [-0.05, 0) is 31.5 Å². The van der Waals surface area contributed by atoms with Gasteiger partial charge in [-0.15, -0.1) is 24.0 Å². The summed E-state index contributed by atoms with van der Waals surface area (Å²) in [6, 6.07) is 6.47. The summed E-state index contributed by atoms with van der Waals surface area (Å²) >= 11 is 0. The van der Waals surface area contributed by atoms with E-state index < -0.39 is 0 Å². The fourth-order valence-electron chi connectivity index (χ4n) is 2.75. The van der Waals surface area contributed by atoms with E-state index >= 15 is 0 Å². The smallest absolute Gasteiger partial charge is 0.194 e. The Morgan fingerprint density at radius 3 is 2.58 bits per heavy atom. The average Bonchev–Trinajstić information content (AvgIpc) is 2.58. The third kappa shape index (κ3) is 6.66. The number of ether oxygens (including phenoxy) is 1. The Balaban J connectivity index is 0.00000338. The molecule has 0 aromatic heterocycles. The Morgan fingerprint density at radius 1 is 1.35 bits per heavy atom. The van der Waals surface area contributed by atoms with E-state index in [4.69, 9.17) is 9.73 Å². The average molecular weight is 479 g/mol. The number of aliphatic imine (C=N–C) groups is 1.